The van der Waals surface area contributed by atoms with Crippen molar-refractivity contribution >= 4 is 49.2 Å². The summed E-state index contributed by atoms with van der Waals surface area (Å²) in [6.45, 7) is 62.8. The van der Waals surface area contributed by atoms with E-state index in [1.54, 1.807) is 31.6 Å². The van der Waals surface area contributed by atoms with Crippen LogP contribution in [-0.2, 0) is 94.9 Å². The first-order valence-electron chi connectivity index (χ1n) is 40.4. The summed E-state index contributed by atoms with van der Waals surface area (Å²) in [5, 5.41) is -1.69. The molecule has 0 bridgehead atoms. The molecule has 6 aliphatic heterocycles. The fourth-order valence-electron chi connectivity index (χ4n) is 15.0. The highest BCUT2D eigenvalue weighted by Gasteiger charge is 2.42. The van der Waals surface area contributed by atoms with Crippen LogP contribution >= 0.6 is 0 Å². The molecule has 690 valence electrons. The molecule has 28 nitrogen and oxygen atoms in total. The molecule has 1 unspecified atom stereocenters. The van der Waals surface area contributed by atoms with Crippen molar-refractivity contribution in [2.24, 2.45) is 5.92 Å². The summed E-state index contributed by atoms with van der Waals surface area (Å²) in [4.78, 5) is 39.1. The summed E-state index contributed by atoms with van der Waals surface area (Å²) in [5.74, 6) is 2.04. The summed E-state index contributed by atoms with van der Waals surface area (Å²) in [7, 11) is -15.0. The van der Waals surface area contributed by atoms with Gasteiger partial charge < -0.3 is 27.4 Å². The van der Waals surface area contributed by atoms with Crippen molar-refractivity contribution in [3.8, 4) is 0 Å². The van der Waals surface area contributed by atoms with Crippen LogP contribution in [0.2, 0.25) is 0 Å². The lowest BCUT2D eigenvalue weighted by molar-refractivity contribution is 0.0734. The molecule has 0 saturated carbocycles. The van der Waals surface area contributed by atoms with E-state index in [9.17, 15) is 42.1 Å². The van der Waals surface area contributed by atoms with Gasteiger partial charge in [-0.2, -0.15) is 0 Å². The third kappa shape index (κ3) is 34.3. The predicted molar refractivity (Wildman–Crippen MR) is 495 cm³/mol. The van der Waals surface area contributed by atoms with E-state index in [2.05, 4.69) is 202 Å². The van der Waals surface area contributed by atoms with Gasteiger partial charge in [0.05, 0.1) is 127 Å². The van der Waals surface area contributed by atoms with Gasteiger partial charge in [0.1, 0.15) is 0 Å². The monoisotopic (exact) mass is 1770 g/mol. The van der Waals surface area contributed by atoms with Crippen molar-refractivity contribution in [2.45, 2.75) is 329 Å². The van der Waals surface area contributed by atoms with Gasteiger partial charge in [0, 0.05) is 182 Å². The van der Waals surface area contributed by atoms with Crippen LogP contribution < -0.4 is 0 Å². The Balaban J connectivity index is 0.000000707. The zero-order chi connectivity index (χ0) is 84.5. The van der Waals surface area contributed by atoms with Gasteiger partial charge in [-0.05, 0) is 191 Å². The summed E-state index contributed by atoms with van der Waals surface area (Å²) in [6.07, 6.45) is 25.9. The van der Waals surface area contributed by atoms with E-state index in [-0.39, 0.29) is 127 Å². The van der Waals surface area contributed by atoms with E-state index >= 15 is 0 Å². The molecule has 0 spiro atoms. The first-order valence-corrected chi connectivity index (χ1v) is 49.0. The van der Waals surface area contributed by atoms with E-state index in [0.717, 1.165) is 47.4 Å². The third-order valence-corrected chi connectivity index (χ3v) is 32.8. The zero-order valence-electron chi connectivity index (χ0n) is 73.0. The second kappa shape index (κ2) is 45.1. The number of likely N-dealkylation sites (tertiary alicyclic amines) is 1. The maximum absolute atomic E-state index is 12.2. The van der Waals surface area contributed by atoms with E-state index in [1.807, 2.05) is 94.8 Å². The molecule has 6 atom stereocenters. The Hall–Kier alpha value is -5.23. The van der Waals surface area contributed by atoms with E-state index < -0.39 is 49.2 Å². The van der Waals surface area contributed by atoms with E-state index in [0.29, 0.717) is 104 Å². The zero-order valence-corrected chi connectivity index (χ0v) is 77.0. The molecule has 6 aromatic heterocycles. The Bertz CT molecular complexity index is 4000. The number of imidazole rings is 6. The van der Waals surface area contributed by atoms with Gasteiger partial charge in [0.2, 0.25) is 0 Å². The first kappa shape index (κ1) is 112. The van der Waals surface area contributed by atoms with Crippen LogP contribution in [0.5, 0.6) is 0 Å². The fraction of sp³-hybridized carbons (Fsp3) is 0.791. The molecule has 33 heteroatoms. The van der Waals surface area contributed by atoms with Gasteiger partial charge in [-0.3, -0.25) is 29.4 Å². The molecular weight excluding hydrogens is 1610 g/mol. The Morgan fingerprint density at radius 2 is 0.479 bits per heavy atom. The Labute approximate surface area is 724 Å². The van der Waals surface area contributed by atoms with Crippen LogP contribution in [0.25, 0.3) is 0 Å². The molecule has 6 fully saturated rings. The molecular formula is C86H166N18O10S5. The quantitative estimate of drug-likeness (QED) is 0.104. The Kier molecular flexibility index (Phi) is 42.3. The van der Waals surface area contributed by atoms with Crippen LogP contribution in [0.15, 0.2) is 75.1 Å². The summed E-state index contributed by atoms with van der Waals surface area (Å²) in [5.41, 5.74) is 6.17. The Morgan fingerprint density at radius 3 is 0.655 bits per heavy atom. The minimum absolute atomic E-state index is 0. The van der Waals surface area contributed by atoms with Crippen LogP contribution in [0.4, 0.5) is 0 Å². The smallest absolute Gasteiger partial charge is 0.157 e. The van der Waals surface area contributed by atoms with Crippen molar-refractivity contribution in [1.29, 1.82) is 0 Å². The van der Waals surface area contributed by atoms with Crippen LogP contribution in [0.3, 0.4) is 0 Å². The van der Waals surface area contributed by atoms with Crippen molar-refractivity contribution in [2.75, 3.05) is 107 Å². The predicted octanol–water partition coefficient (Wildman–Crippen LogP) is 12.2. The lowest BCUT2D eigenvalue weighted by Gasteiger charge is -2.41. The second-order valence-corrected chi connectivity index (χ2v) is 50.1. The first-order chi connectivity index (χ1) is 51.9. The van der Waals surface area contributed by atoms with E-state index in [1.165, 1.54) is 31.6 Å². The van der Waals surface area contributed by atoms with Gasteiger partial charge in [-0.1, -0.05) is 51.5 Å². The van der Waals surface area contributed by atoms with Crippen LogP contribution in [0, 0.1) is 40.5 Å². The highest BCUT2D eigenvalue weighted by molar-refractivity contribution is 7.93. The Morgan fingerprint density at radius 1 is 0.286 bits per heavy atom. The molecule has 0 radical (unpaired) electrons. The minimum atomic E-state index is -3.00. The molecule has 0 N–H and O–H groups in total. The average Bonchev–Trinajstić information content (AvgIpc) is 1.69. The number of hydrogen-bond donors (Lipinski definition) is 0. The van der Waals surface area contributed by atoms with Gasteiger partial charge in [-0.25, -0.2) is 72.0 Å². The molecule has 6 aliphatic rings. The number of aryl methyl sites for hydroxylation is 6. The van der Waals surface area contributed by atoms with Gasteiger partial charge >= 0.3 is 0 Å². The normalized spacial score (nSPS) is 23.0. The summed E-state index contributed by atoms with van der Waals surface area (Å²) in [6, 6.07) is 0. The molecule has 0 aromatic carbocycles. The minimum Gasteiger partial charge on any atom is -0.337 e. The van der Waals surface area contributed by atoms with Crippen molar-refractivity contribution in [3.05, 3.63) is 109 Å². The highest BCUT2D eigenvalue weighted by Crippen LogP contribution is 2.29. The molecule has 12 heterocycles. The molecule has 6 aromatic rings. The number of nitrogens with zero attached hydrogens (tertiary/aromatic N) is 18. The fourth-order valence-corrected chi connectivity index (χ4v) is 23.1. The molecule has 6 saturated heterocycles. The van der Waals surface area contributed by atoms with Crippen molar-refractivity contribution < 1.29 is 42.1 Å². The van der Waals surface area contributed by atoms with E-state index in [4.69, 9.17) is 0 Å². The number of hydrogen-bond acceptors (Lipinski definition) is 22. The van der Waals surface area contributed by atoms with Gasteiger partial charge in [-0.15, -0.1) is 0 Å². The summed E-state index contributed by atoms with van der Waals surface area (Å²) < 4.78 is 134. The second-order valence-electron chi connectivity index (χ2n) is 38.1. The van der Waals surface area contributed by atoms with Gasteiger partial charge in [0.15, 0.2) is 49.2 Å². The maximum atomic E-state index is 12.2. The average molecular weight is 1770 g/mol. The third-order valence-electron chi connectivity index (χ3n) is 22.5. The highest BCUT2D eigenvalue weighted by atomic mass is 32.2. The lowest BCUT2D eigenvalue weighted by Crippen LogP contribution is -2.54. The largest absolute Gasteiger partial charge is 0.337 e. The number of piperidine rings is 1. The molecule has 12 rings (SSSR count). The van der Waals surface area contributed by atoms with Crippen LogP contribution in [-0.4, -0.2) is 296 Å². The lowest BCUT2D eigenvalue weighted by atomic mass is 9.93. The van der Waals surface area contributed by atoms with Crippen LogP contribution in [0.1, 0.15) is 223 Å². The van der Waals surface area contributed by atoms with Crippen molar-refractivity contribution in [3.63, 3.8) is 0 Å². The summed E-state index contributed by atoms with van der Waals surface area (Å²) >= 11 is 0. The van der Waals surface area contributed by atoms with Crippen molar-refractivity contribution in [1.82, 2.24) is 86.7 Å². The number of rotatable bonds is 13. The standard InChI is InChI=1S/C15H27N3.5C13H23N3O2S.6CH4/c1-5-14-11-17(12-16-14)9-13-7-6-8-18(10-13)15(2,3)4;5*1-11-7-15(10-14-11)8-12-9-16(13(2,3)4)5-6-19(12,17)18;;;;;;/h11-13H,5-10H2,1-4H3;5*7,10,12H,5-6,8-9H2,1-4H3;6*1H4/t13-;4*12-;;;;;;;/m01100......./s1. The number of aromatic nitrogens is 12. The topological polar surface area (TPSA) is 297 Å². The number of sulfone groups is 5. The maximum Gasteiger partial charge on any atom is 0.157 e. The molecule has 119 heavy (non-hydrogen) atoms. The SMILES string of the molecule is C.C.C.C.C.C.CCc1cn(C[C@@H]2CCCN(C(C)(C)C)C2)cn1.Cc1cn(CC2CN(C(C)(C)C)CCS2(=O)=O)cn1.Cc1cn(C[C@@H]2CN(C(C)(C)C)CCS2(=O)=O)cn1.Cc1cn(C[C@@H]2CN(C(C)(C)C)CCS2(=O)=O)cn1.Cc1cn(C[C@H]2CN(C(C)(C)C)CCS2(=O)=O)cn1.Cc1cn(C[C@H]2CN(C(C)(C)C)CCS2(=O)=O)cn1. The molecule has 0 aliphatic carbocycles. The van der Waals surface area contributed by atoms with Gasteiger partial charge in [0.25, 0.3) is 0 Å². The molecule has 0 amide bonds.